The van der Waals surface area contributed by atoms with Crippen LogP contribution in [0.3, 0.4) is 0 Å². The lowest BCUT2D eigenvalue weighted by Crippen LogP contribution is -2.27. The Kier molecular flexibility index (Phi) is 4.42. The summed E-state index contributed by atoms with van der Waals surface area (Å²) in [7, 11) is 0. The molecular weight excluding hydrogens is 346 g/mol. The van der Waals surface area contributed by atoms with Crippen molar-refractivity contribution >= 4 is 39.1 Å². The third kappa shape index (κ3) is 3.08. The lowest BCUT2D eigenvalue weighted by atomic mass is 10.1. The number of thiazole rings is 1. The second-order valence-electron chi connectivity index (χ2n) is 6.25. The molecular formula is C20H19N3O2S. The average molecular weight is 365 g/mol. The zero-order valence-corrected chi connectivity index (χ0v) is 15.3. The molecule has 3 aromatic rings. The van der Waals surface area contributed by atoms with Gasteiger partial charge >= 0.3 is 0 Å². The van der Waals surface area contributed by atoms with Crippen LogP contribution in [-0.2, 0) is 17.8 Å². The molecule has 2 heterocycles. The fraction of sp³-hybridized carbons (Fsp3) is 0.250. The van der Waals surface area contributed by atoms with Crippen molar-refractivity contribution in [3.8, 4) is 0 Å². The first-order chi connectivity index (χ1) is 12.7. The molecule has 26 heavy (non-hydrogen) atoms. The third-order valence-electron chi connectivity index (χ3n) is 4.58. The third-order valence-corrected chi connectivity index (χ3v) is 5.62. The molecule has 1 aromatic heterocycles. The molecule has 2 amide bonds. The molecule has 0 saturated heterocycles. The number of carbonyl (C=O) groups excluding carboxylic acids is 2. The molecule has 0 radical (unpaired) electrons. The van der Waals surface area contributed by atoms with Gasteiger partial charge in [-0.2, -0.15) is 0 Å². The number of anilines is 1. The predicted octanol–water partition coefficient (Wildman–Crippen LogP) is 3.53. The summed E-state index contributed by atoms with van der Waals surface area (Å²) in [6, 6.07) is 13.5. The number of nitrogens with zero attached hydrogens (tertiary/aromatic N) is 2. The largest absolute Gasteiger partial charge is 0.346 e. The van der Waals surface area contributed by atoms with Gasteiger partial charge in [-0.15, -0.1) is 11.3 Å². The van der Waals surface area contributed by atoms with Crippen molar-refractivity contribution in [1.29, 1.82) is 0 Å². The summed E-state index contributed by atoms with van der Waals surface area (Å²) < 4.78 is 1.12. The Labute approximate surface area is 155 Å². The van der Waals surface area contributed by atoms with Crippen molar-refractivity contribution in [3.63, 3.8) is 0 Å². The number of carbonyl (C=O) groups is 2. The van der Waals surface area contributed by atoms with Gasteiger partial charge < -0.3 is 10.2 Å². The number of amides is 2. The predicted molar refractivity (Wildman–Crippen MR) is 104 cm³/mol. The maximum atomic E-state index is 12.5. The molecule has 0 atom stereocenters. The SMILES string of the molecule is CCC(=O)N1CCc2cc(C(=O)NCc3nc4ccccc4s3)ccc21. The summed E-state index contributed by atoms with van der Waals surface area (Å²) in [6.07, 6.45) is 1.28. The molecule has 0 saturated carbocycles. The molecule has 0 unspecified atom stereocenters. The summed E-state index contributed by atoms with van der Waals surface area (Å²) in [5, 5.41) is 3.83. The number of rotatable bonds is 4. The van der Waals surface area contributed by atoms with Crippen molar-refractivity contribution in [2.24, 2.45) is 0 Å². The van der Waals surface area contributed by atoms with E-state index >= 15 is 0 Å². The highest BCUT2D eigenvalue weighted by Crippen LogP contribution is 2.29. The molecule has 0 fully saturated rings. The van der Waals surface area contributed by atoms with Gasteiger partial charge in [-0.3, -0.25) is 9.59 Å². The Morgan fingerprint density at radius 3 is 2.88 bits per heavy atom. The van der Waals surface area contributed by atoms with Crippen LogP contribution < -0.4 is 10.2 Å². The van der Waals surface area contributed by atoms with Gasteiger partial charge in [0.1, 0.15) is 5.01 Å². The Balaban J connectivity index is 1.46. The fourth-order valence-electron chi connectivity index (χ4n) is 3.25. The van der Waals surface area contributed by atoms with Crippen LogP contribution in [0, 0.1) is 0 Å². The fourth-order valence-corrected chi connectivity index (χ4v) is 4.15. The topological polar surface area (TPSA) is 62.3 Å². The lowest BCUT2D eigenvalue weighted by Gasteiger charge is -2.16. The highest BCUT2D eigenvalue weighted by molar-refractivity contribution is 7.18. The minimum absolute atomic E-state index is 0.118. The van der Waals surface area contributed by atoms with E-state index in [-0.39, 0.29) is 11.8 Å². The molecule has 1 aliphatic rings. The van der Waals surface area contributed by atoms with E-state index in [0.717, 1.165) is 32.9 Å². The van der Waals surface area contributed by atoms with E-state index < -0.39 is 0 Å². The maximum Gasteiger partial charge on any atom is 0.251 e. The first kappa shape index (κ1) is 16.7. The van der Waals surface area contributed by atoms with Crippen LogP contribution in [0.25, 0.3) is 10.2 Å². The van der Waals surface area contributed by atoms with E-state index in [9.17, 15) is 9.59 Å². The van der Waals surface area contributed by atoms with Crippen molar-refractivity contribution in [2.45, 2.75) is 26.3 Å². The zero-order valence-electron chi connectivity index (χ0n) is 14.5. The van der Waals surface area contributed by atoms with Crippen LogP contribution in [-0.4, -0.2) is 23.3 Å². The van der Waals surface area contributed by atoms with Crippen molar-refractivity contribution in [2.75, 3.05) is 11.4 Å². The Hall–Kier alpha value is -2.73. The number of hydrogen-bond donors (Lipinski definition) is 1. The van der Waals surface area contributed by atoms with Gasteiger partial charge in [-0.05, 0) is 42.3 Å². The second kappa shape index (κ2) is 6.88. The Bertz CT molecular complexity index is 963. The van der Waals surface area contributed by atoms with Crippen LogP contribution in [0.15, 0.2) is 42.5 Å². The Morgan fingerprint density at radius 1 is 1.23 bits per heavy atom. The van der Waals surface area contributed by atoms with Crippen molar-refractivity contribution < 1.29 is 9.59 Å². The monoisotopic (exact) mass is 365 g/mol. The number of aromatic nitrogens is 1. The van der Waals surface area contributed by atoms with Gasteiger partial charge in [0, 0.05) is 24.2 Å². The molecule has 2 aromatic carbocycles. The molecule has 6 heteroatoms. The van der Waals surface area contributed by atoms with E-state index in [2.05, 4.69) is 10.3 Å². The van der Waals surface area contributed by atoms with Gasteiger partial charge in [0.05, 0.1) is 16.8 Å². The van der Waals surface area contributed by atoms with Crippen molar-refractivity contribution in [1.82, 2.24) is 10.3 Å². The van der Waals surface area contributed by atoms with E-state index in [1.54, 1.807) is 22.3 Å². The summed E-state index contributed by atoms with van der Waals surface area (Å²) in [6.45, 7) is 2.97. The van der Waals surface area contributed by atoms with Crippen LogP contribution in [0.1, 0.15) is 34.3 Å². The van der Waals surface area contributed by atoms with Gasteiger partial charge in [-0.1, -0.05) is 19.1 Å². The number of para-hydroxylation sites is 1. The molecule has 4 rings (SSSR count). The molecule has 0 aliphatic carbocycles. The van der Waals surface area contributed by atoms with Gasteiger partial charge in [0.2, 0.25) is 5.91 Å². The van der Waals surface area contributed by atoms with Crippen LogP contribution in [0.5, 0.6) is 0 Å². The number of benzene rings is 2. The van der Waals surface area contributed by atoms with Crippen LogP contribution >= 0.6 is 11.3 Å². The standard InChI is InChI=1S/C20H19N3O2S/c1-2-19(24)23-10-9-13-11-14(7-8-16(13)23)20(25)21-12-18-22-15-5-3-4-6-17(15)26-18/h3-8,11H,2,9-10,12H2,1H3,(H,21,25). The molecule has 1 aliphatic heterocycles. The van der Waals surface area contributed by atoms with Crippen molar-refractivity contribution in [3.05, 3.63) is 58.6 Å². The Morgan fingerprint density at radius 2 is 2.08 bits per heavy atom. The molecule has 0 spiro atoms. The quantitative estimate of drug-likeness (QED) is 0.769. The van der Waals surface area contributed by atoms with E-state index in [4.69, 9.17) is 0 Å². The highest BCUT2D eigenvalue weighted by atomic mass is 32.1. The van der Waals surface area contributed by atoms with Crippen LogP contribution in [0.4, 0.5) is 5.69 Å². The normalized spacial score (nSPS) is 13.0. The zero-order chi connectivity index (χ0) is 18.1. The highest BCUT2D eigenvalue weighted by Gasteiger charge is 2.24. The lowest BCUT2D eigenvalue weighted by molar-refractivity contribution is -0.118. The smallest absolute Gasteiger partial charge is 0.251 e. The first-order valence-corrected chi connectivity index (χ1v) is 9.53. The summed E-state index contributed by atoms with van der Waals surface area (Å²) in [5.41, 5.74) is 3.56. The van der Waals surface area contributed by atoms with E-state index in [1.807, 2.05) is 43.3 Å². The minimum atomic E-state index is -0.118. The molecule has 0 bridgehead atoms. The minimum Gasteiger partial charge on any atom is -0.346 e. The van der Waals surface area contributed by atoms with Gasteiger partial charge in [0.25, 0.3) is 5.91 Å². The first-order valence-electron chi connectivity index (χ1n) is 8.71. The molecule has 5 nitrogen and oxygen atoms in total. The van der Waals surface area contributed by atoms with Crippen LogP contribution in [0.2, 0.25) is 0 Å². The number of hydrogen-bond acceptors (Lipinski definition) is 4. The number of fused-ring (bicyclic) bond motifs is 2. The molecule has 1 N–H and O–H groups in total. The molecule has 132 valence electrons. The second-order valence-corrected chi connectivity index (χ2v) is 7.37. The van der Waals surface area contributed by atoms with Gasteiger partial charge in [-0.25, -0.2) is 4.98 Å². The number of nitrogens with one attached hydrogen (secondary N) is 1. The van der Waals surface area contributed by atoms with E-state index in [1.165, 1.54) is 0 Å². The summed E-state index contributed by atoms with van der Waals surface area (Å²) in [5.74, 6) is 0.00381. The average Bonchev–Trinajstić information content (AvgIpc) is 3.28. The summed E-state index contributed by atoms with van der Waals surface area (Å²) >= 11 is 1.59. The summed E-state index contributed by atoms with van der Waals surface area (Å²) in [4.78, 5) is 30.8. The maximum absolute atomic E-state index is 12.5. The van der Waals surface area contributed by atoms with Gasteiger partial charge in [0.15, 0.2) is 0 Å². The van der Waals surface area contributed by atoms with E-state index in [0.29, 0.717) is 25.1 Å².